The molecule has 0 saturated carbocycles. The Morgan fingerprint density at radius 2 is 1.81 bits per heavy atom. The average Bonchev–Trinajstić information content (AvgIpc) is 3.04. The predicted octanol–water partition coefficient (Wildman–Crippen LogP) is 6.36. The number of carbonyl (C=O) groups is 1. The van der Waals surface area contributed by atoms with Gasteiger partial charge < -0.3 is 15.0 Å². The summed E-state index contributed by atoms with van der Waals surface area (Å²) in [6, 6.07) is 24.2. The van der Waals surface area contributed by atoms with Gasteiger partial charge in [-0.2, -0.15) is 0 Å². The molecule has 0 spiro atoms. The molecule has 0 amide bonds. The van der Waals surface area contributed by atoms with E-state index in [9.17, 15) is 9.59 Å². The molecule has 5 aromatic rings. The van der Waals surface area contributed by atoms with Crippen LogP contribution >= 0.6 is 11.6 Å². The third kappa shape index (κ3) is 5.38. The number of ketones is 1. The first kappa shape index (κ1) is 27.9. The van der Waals surface area contributed by atoms with Crippen LogP contribution in [0.4, 0.5) is 11.6 Å². The fourth-order valence-corrected chi connectivity index (χ4v) is 5.42. The first-order valence-corrected chi connectivity index (χ1v) is 13.9. The fourth-order valence-electron chi connectivity index (χ4n) is 5.15. The van der Waals surface area contributed by atoms with Crippen LogP contribution in [0.2, 0.25) is 5.02 Å². The average molecular weight is 591 g/mol. The zero-order valence-corrected chi connectivity index (χ0v) is 24.2. The third-order valence-corrected chi connectivity index (χ3v) is 7.48. The number of benzene rings is 3. The molecule has 3 aromatic carbocycles. The van der Waals surface area contributed by atoms with E-state index < -0.39 is 6.17 Å². The van der Waals surface area contributed by atoms with Crippen molar-refractivity contribution in [1.82, 2.24) is 14.5 Å². The highest BCUT2D eigenvalue weighted by Gasteiger charge is 2.30. The number of anilines is 2. The molecule has 1 atom stereocenters. The Hall–Kier alpha value is -5.28. The van der Waals surface area contributed by atoms with Crippen molar-refractivity contribution in [1.29, 1.82) is 0 Å². The minimum Gasteiger partial charge on any atom is -0.497 e. The van der Waals surface area contributed by atoms with Gasteiger partial charge in [0.2, 0.25) is 0 Å². The van der Waals surface area contributed by atoms with Gasteiger partial charge in [0.15, 0.2) is 17.8 Å². The van der Waals surface area contributed by atoms with Gasteiger partial charge in [-0.15, -0.1) is 0 Å². The fraction of sp³-hybridized carbons (Fsp3) is 0.121. The second-order valence-electron chi connectivity index (χ2n) is 9.85. The molecule has 2 aromatic heterocycles. The first-order valence-electron chi connectivity index (χ1n) is 13.6. The van der Waals surface area contributed by atoms with Crippen LogP contribution in [0.25, 0.3) is 16.5 Å². The van der Waals surface area contributed by atoms with E-state index in [1.165, 1.54) is 13.3 Å². The number of carbonyl (C=O) groups excluding carboxylic acids is 1. The van der Waals surface area contributed by atoms with Crippen molar-refractivity contribution in [3.05, 3.63) is 130 Å². The Labute approximate surface area is 252 Å². The minimum atomic E-state index is -0.733. The molecule has 0 unspecified atom stereocenters. The Kier molecular flexibility index (Phi) is 7.72. The standard InChI is InChI=1S/C33H27ClN6O3/c1-21(41)28-30(36-19-22-12-14-25(43-2)15-13-22)37-20-38-32(28)39-17-7-16-35-31(39)27-18-23-8-6-11-26(34)29(23)33(42)40(27)24-9-4-3-5-10-24/h3-18,20,31H,19H2,1-2H3,(H,36,37,38)/t31-/m0/s1. The lowest BCUT2D eigenvalue weighted by Crippen LogP contribution is -2.32. The number of allylic oxidation sites excluding steroid dienone is 1. The van der Waals surface area contributed by atoms with Crippen molar-refractivity contribution in [2.45, 2.75) is 19.6 Å². The predicted molar refractivity (Wildman–Crippen MR) is 170 cm³/mol. The third-order valence-electron chi connectivity index (χ3n) is 7.17. The van der Waals surface area contributed by atoms with Crippen LogP contribution in [0, 0.1) is 0 Å². The molecule has 0 aliphatic carbocycles. The van der Waals surface area contributed by atoms with Gasteiger partial charge in [-0.05, 0) is 60.3 Å². The topological polar surface area (TPSA) is 102 Å². The Balaban J connectivity index is 1.47. The Morgan fingerprint density at radius 1 is 1.02 bits per heavy atom. The van der Waals surface area contributed by atoms with Crippen molar-refractivity contribution < 1.29 is 9.53 Å². The summed E-state index contributed by atoms with van der Waals surface area (Å²) in [4.78, 5) is 42.7. The van der Waals surface area contributed by atoms with E-state index in [-0.39, 0.29) is 11.3 Å². The summed E-state index contributed by atoms with van der Waals surface area (Å²) in [6.45, 7) is 1.90. The molecule has 0 fully saturated rings. The largest absolute Gasteiger partial charge is 0.497 e. The molecular weight excluding hydrogens is 564 g/mol. The molecule has 6 rings (SSSR count). The zero-order chi connectivity index (χ0) is 29.9. The van der Waals surface area contributed by atoms with Crippen LogP contribution in [-0.2, 0) is 6.54 Å². The number of halogens is 1. The summed E-state index contributed by atoms with van der Waals surface area (Å²) < 4.78 is 6.86. The molecule has 10 heteroatoms. The van der Waals surface area contributed by atoms with Gasteiger partial charge in [-0.25, -0.2) is 9.97 Å². The van der Waals surface area contributed by atoms with Crippen molar-refractivity contribution in [2.75, 3.05) is 17.3 Å². The van der Waals surface area contributed by atoms with E-state index in [4.69, 9.17) is 21.3 Å². The van der Waals surface area contributed by atoms with Crippen LogP contribution in [0.5, 0.6) is 5.75 Å². The SMILES string of the molecule is COc1ccc(CNc2ncnc(N3C=CC=N[C@@H]3c3cc4cccc(Cl)c4c(=O)n3-c3ccccc3)c2C(C)=O)cc1. The molecule has 9 nitrogen and oxygen atoms in total. The van der Waals surface area contributed by atoms with E-state index in [1.807, 2.05) is 72.8 Å². The Morgan fingerprint density at radius 3 is 2.56 bits per heavy atom. The highest BCUT2D eigenvalue weighted by molar-refractivity contribution is 6.35. The zero-order valence-electron chi connectivity index (χ0n) is 23.4. The second kappa shape index (κ2) is 11.9. The normalized spacial score (nSPS) is 14.2. The smallest absolute Gasteiger partial charge is 0.264 e. The Bertz CT molecular complexity index is 1940. The molecule has 0 bridgehead atoms. The molecule has 1 aliphatic heterocycles. The van der Waals surface area contributed by atoms with Gasteiger partial charge in [0.05, 0.1) is 23.2 Å². The number of fused-ring (bicyclic) bond motifs is 1. The molecule has 1 aliphatic rings. The summed E-state index contributed by atoms with van der Waals surface area (Å²) in [5, 5.41) is 4.75. The van der Waals surface area contributed by atoms with Gasteiger partial charge in [0, 0.05) is 24.6 Å². The van der Waals surface area contributed by atoms with Crippen molar-refractivity contribution >= 4 is 46.0 Å². The first-order chi connectivity index (χ1) is 21.0. The van der Waals surface area contributed by atoms with E-state index in [0.29, 0.717) is 50.9 Å². The van der Waals surface area contributed by atoms with Crippen LogP contribution in [0.15, 0.2) is 107 Å². The number of methoxy groups -OCH3 is 1. The summed E-state index contributed by atoms with van der Waals surface area (Å²) in [7, 11) is 1.62. The molecule has 43 heavy (non-hydrogen) atoms. The highest BCUT2D eigenvalue weighted by Crippen LogP contribution is 2.35. The van der Waals surface area contributed by atoms with E-state index in [1.54, 1.807) is 41.1 Å². The lowest BCUT2D eigenvalue weighted by molar-refractivity contribution is 0.101. The van der Waals surface area contributed by atoms with E-state index in [0.717, 1.165) is 11.3 Å². The van der Waals surface area contributed by atoms with Crippen LogP contribution < -0.4 is 20.5 Å². The lowest BCUT2D eigenvalue weighted by atomic mass is 10.1. The number of ether oxygens (including phenoxy) is 1. The number of aliphatic imine (C=N–C) groups is 1. The molecule has 1 N–H and O–H groups in total. The number of rotatable bonds is 8. The van der Waals surface area contributed by atoms with Crippen molar-refractivity contribution in [3.63, 3.8) is 0 Å². The van der Waals surface area contributed by atoms with Crippen LogP contribution in [-0.4, -0.2) is 33.6 Å². The molecular formula is C33H27ClN6O3. The number of hydrogen-bond acceptors (Lipinski definition) is 8. The van der Waals surface area contributed by atoms with Gasteiger partial charge in [0.1, 0.15) is 23.5 Å². The molecule has 0 radical (unpaired) electrons. The summed E-state index contributed by atoms with van der Waals surface area (Å²) >= 11 is 6.51. The number of pyridine rings is 1. The maximum absolute atomic E-state index is 14.0. The van der Waals surface area contributed by atoms with Crippen LogP contribution in [0.1, 0.15) is 34.7 Å². The lowest BCUT2D eigenvalue weighted by Gasteiger charge is -2.32. The van der Waals surface area contributed by atoms with Gasteiger partial charge in [0.25, 0.3) is 5.56 Å². The van der Waals surface area contributed by atoms with Gasteiger partial charge >= 0.3 is 0 Å². The number of hydrogen-bond donors (Lipinski definition) is 1. The molecule has 3 heterocycles. The maximum Gasteiger partial charge on any atom is 0.264 e. The number of nitrogens with one attached hydrogen (secondary N) is 1. The maximum atomic E-state index is 14.0. The summed E-state index contributed by atoms with van der Waals surface area (Å²) in [5.41, 5.74) is 2.25. The monoisotopic (exact) mass is 590 g/mol. The number of aromatic nitrogens is 3. The minimum absolute atomic E-state index is 0.222. The summed E-state index contributed by atoms with van der Waals surface area (Å²) in [5.74, 6) is 1.28. The number of para-hydroxylation sites is 1. The van der Waals surface area contributed by atoms with Crippen LogP contribution in [0.3, 0.4) is 0 Å². The summed E-state index contributed by atoms with van der Waals surface area (Å²) in [6.07, 6.45) is 5.90. The quantitative estimate of drug-likeness (QED) is 0.210. The van der Waals surface area contributed by atoms with E-state index >= 15 is 0 Å². The molecule has 0 saturated heterocycles. The number of Topliss-reactive ketones (excluding diaryl/α,β-unsaturated/α-hetero) is 1. The van der Waals surface area contributed by atoms with Gasteiger partial charge in [-0.1, -0.05) is 54.1 Å². The van der Waals surface area contributed by atoms with E-state index in [2.05, 4.69) is 15.3 Å². The van der Waals surface area contributed by atoms with Crippen molar-refractivity contribution in [2.24, 2.45) is 4.99 Å². The second-order valence-corrected chi connectivity index (χ2v) is 10.3. The number of nitrogens with zero attached hydrogens (tertiary/aromatic N) is 5. The highest BCUT2D eigenvalue weighted by atomic mass is 35.5. The van der Waals surface area contributed by atoms with Gasteiger partial charge in [-0.3, -0.25) is 19.1 Å². The molecule has 214 valence electrons. The van der Waals surface area contributed by atoms with Crippen molar-refractivity contribution in [3.8, 4) is 11.4 Å².